The van der Waals surface area contributed by atoms with Gasteiger partial charge in [-0.1, -0.05) is 22.9 Å². The van der Waals surface area contributed by atoms with Crippen molar-refractivity contribution in [2.45, 2.75) is 32.6 Å². The highest BCUT2D eigenvalue weighted by Gasteiger charge is 2.21. The molecule has 4 rings (SSSR count). The number of carbonyl (C=O) groups excluding carboxylic acids is 1. The van der Waals surface area contributed by atoms with Gasteiger partial charge in [-0.2, -0.15) is 0 Å². The summed E-state index contributed by atoms with van der Waals surface area (Å²) in [7, 11) is 0. The summed E-state index contributed by atoms with van der Waals surface area (Å²) in [4.78, 5) is 18.2. The quantitative estimate of drug-likeness (QED) is 0.724. The first-order chi connectivity index (χ1) is 13.1. The maximum absolute atomic E-state index is 12.6. The van der Waals surface area contributed by atoms with Crippen molar-refractivity contribution in [1.82, 2.24) is 25.3 Å². The Morgan fingerprint density at radius 2 is 1.96 bits per heavy atom. The van der Waals surface area contributed by atoms with Gasteiger partial charge in [0.2, 0.25) is 0 Å². The Bertz CT molecular complexity index is 940. The van der Waals surface area contributed by atoms with Gasteiger partial charge in [-0.25, -0.2) is 9.67 Å². The van der Waals surface area contributed by atoms with Crippen LogP contribution in [0.4, 0.5) is 5.13 Å². The maximum Gasteiger partial charge on any atom is 0.279 e. The van der Waals surface area contributed by atoms with Gasteiger partial charge < -0.3 is 5.32 Å². The van der Waals surface area contributed by atoms with Gasteiger partial charge in [-0.05, 0) is 57.8 Å². The Morgan fingerprint density at radius 1 is 1.22 bits per heavy atom. The van der Waals surface area contributed by atoms with E-state index in [0.717, 1.165) is 31.6 Å². The molecular formula is C19H22N6OS. The topological polar surface area (TPSA) is 84.7 Å². The number of benzene rings is 1. The molecule has 0 spiro atoms. The molecule has 0 aliphatic carbocycles. The Labute approximate surface area is 161 Å². The first kappa shape index (κ1) is 17.8. The molecule has 8 heteroatoms. The third-order valence-corrected chi connectivity index (χ3v) is 5.95. The van der Waals surface area contributed by atoms with Crippen molar-refractivity contribution < 1.29 is 4.79 Å². The van der Waals surface area contributed by atoms with Gasteiger partial charge in [0.1, 0.15) is 0 Å². The van der Waals surface area contributed by atoms with Gasteiger partial charge in [-0.3, -0.25) is 10.1 Å². The number of nitrogens with zero attached hydrogens (tertiary/aromatic N) is 4. The summed E-state index contributed by atoms with van der Waals surface area (Å²) < 4.78 is 1.68. The largest absolute Gasteiger partial charge is 0.317 e. The summed E-state index contributed by atoms with van der Waals surface area (Å²) in [6, 6.07) is 7.94. The lowest BCUT2D eigenvalue weighted by atomic mass is 9.97. The lowest BCUT2D eigenvalue weighted by Crippen LogP contribution is -2.26. The molecule has 0 unspecified atom stereocenters. The normalized spacial score (nSPS) is 15.0. The van der Waals surface area contributed by atoms with E-state index in [-0.39, 0.29) is 5.91 Å². The van der Waals surface area contributed by atoms with Gasteiger partial charge in [-0.15, -0.1) is 16.4 Å². The zero-order valence-electron chi connectivity index (χ0n) is 15.4. The van der Waals surface area contributed by atoms with Crippen molar-refractivity contribution in [1.29, 1.82) is 0 Å². The third kappa shape index (κ3) is 3.77. The summed E-state index contributed by atoms with van der Waals surface area (Å²) >= 11 is 1.55. The van der Waals surface area contributed by atoms with Crippen LogP contribution in [0.3, 0.4) is 0 Å². The van der Waals surface area contributed by atoms with E-state index in [1.807, 2.05) is 44.3 Å². The van der Waals surface area contributed by atoms with Crippen molar-refractivity contribution >= 4 is 22.4 Å². The van der Waals surface area contributed by atoms with Crippen LogP contribution in [0.15, 0.2) is 30.5 Å². The van der Waals surface area contributed by atoms with E-state index < -0.39 is 0 Å². The molecule has 1 aliphatic heterocycles. The molecule has 27 heavy (non-hydrogen) atoms. The van der Waals surface area contributed by atoms with Crippen LogP contribution in [0.5, 0.6) is 0 Å². The van der Waals surface area contributed by atoms with Crippen molar-refractivity contribution in [2.24, 2.45) is 0 Å². The molecule has 140 valence electrons. The van der Waals surface area contributed by atoms with Gasteiger partial charge in [0.25, 0.3) is 5.91 Å². The van der Waals surface area contributed by atoms with Crippen LogP contribution in [-0.2, 0) is 0 Å². The highest BCUT2D eigenvalue weighted by atomic mass is 32.1. The molecule has 0 saturated carbocycles. The molecule has 0 radical (unpaired) electrons. The van der Waals surface area contributed by atoms with Crippen LogP contribution in [-0.4, -0.2) is 39.0 Å². The summed E-state index contributed by atoms with van der Waals surface area (Å²) in [6.45, 7) is 5.94. The Balaban J connectivity index is 1.49. The van der Waals surface area contributed by atoms with Gasteiger partial charge >= 0.3 is 0 Å². The molecule has 1 fully saturated rings. The average molecular weight is 382 g/mol. The maximum atomic E-state index is 12.6. The molecule has 3 heterocycles. The van der Waals surface area contributed by atoms with E-state index in [4.69, 9.17) is 0 Å². The van der Waals surface area contributed by atoms with Crippen LogP contribution in [0.2, 0.25) is 0 Å². The van der Waals surface area contributed by atoms with E-state index in [1.54, 1.807) is 16.0 Å². The van der Waals surface area contributed by atoms with Gasteiger partial charge in [0.15, 0.2) is 10.8 Å². The Morgan fingerprint density at radius 3 is 2.70 bits per heavy atom. The minimum Gasteiger partial charge on any atom is -0.317 e. The fourth-order valence-corrected chi connectivity index (χ4v) is 4.25. The fraction of sp³-hybridized carbons (Fsp3) is 0.368. The number of aryl methyl sites for hydroxylation is 1. The highest BCUT2D eigenvalue weighted by Crippen LogP contribution is 2.31. The van der Waals surface area contributed by atoms with Crippen molar-refractivity contribution in [3.05, 3.63) is 52.3 Å². The number of aromatic nitrogens is 4. The third-order valence-electron chi connectivity index (χ3n) is 4.87. The number of rotatable bonds is 4. The van der Waals surface area contributed by atoms with Crippen molar-refractivity contribution in [2.75, 3.05) is 18.4 Å². The number of anilines is 1. The number of amides is 1. The summed E-state index contributed by atoms with van der Waals surface area (Å²) in [5, 5.41) is 15.1. The Kier molecular flexibility index (Phi) is 5.00. The minimum absolute atomic E-state index is 0.280. The zero-order chi connectivity index (χ0) is 18.8. The molecule has 7 nitrogen and oxygen atoms in total. The zero-order valence-corrected chi connectivity index (χ0v) is 16.2. The van der Waals surface area contributed by atoms with Gasteiger partial charge in [0, 0.05) is 11.1 Å². The van der Waals surface area contributed by atoms with Crippen LogP contribution in [0, 0.1) is 13.8 Å². The summed E-state index contributed by atoms with van der Waals surface area (Å²) in [5.74, 6) is 0.246. The second kappa shape index (κ2) is 7.58. The SMILES string of the molecule is Cc1ccc(-n2nnc(C(=O)Nc3ncc(C4CCNCC4)s3)c2C)cc1. The monoisotopic (exact) mass is 382 g/mol. The number of hydrogen-bond donors (Lipinski definition) is 2. The lowest BCUT2D eigenvalue weighted by molar-refractivity contribution is 0.102. The molecule has 2 aromatic heterocycles. The van der Waals surface area contributed by atoms with Crippen LogP contribution in [0.1, 0.15) is 45.4 Å². The number of hydrogen-bond acceptors (Lipinski definition) is 6. The molecule has 1 aromatic carbocycles. The number of nitrogens with one attached hydrogen (secondary N) is 2. The smallest absolute Gasteiger partial charge is 0.279 e. The number of carbonyl (C=O) groups is 1. The van der Waals surface area contributed by atoms with E-state index in [0.29, 0.717) is 22.4 Å². The second-order valence-corrected chi connectivity index (χ2v) is 7.88. The van der Waals surface area contributed by atoms with Crippen molar-refractivity contribution in [3.8, 4) is 5.69 Å². The predicted molar refractivity (Wildman–Crippen MR) is 106 cm³/mol. The highest BCUT2D eigenvalue weighted by molar-refractivity contribution is 7.15. The predicted octanol–water partition coefficient (Wildman–Crippen LogP) is 3.06. The molecule has 1 amide bonds. The van der Waals surface area contributed by atoms with E-state index in [1.165, 1.54) is 10.4 Å². The van der Waals surface area contributed by atoms with E-state index in [9.17, 15) is 4.79 Å². The molecule has 1 aliphatic rings. The van der Waals surface area contributed by atoms with Crippen LogP contribution < -0.4 is 10.6 Å². The van der Waals surface area contributed by atoms with Gasteiger partial charge in [0.05, 0.1) is 11.4 Å². The molecule has 0 bridgehead atoms. The van der Waals surface area contributed by atoms with Crippen molar-refractivity contribution in [3.63, 3.8) is 0 Å². The molecule has 0 atom stereocenters. The molecule has 1 saturated heterocycles. The second-order valence-electron chi connectivity index (χ2n) is 6.82. The lowest BCUT2D eigenvalue weighted by Gasteiger charge is -2.20. The summed E-state index contributed by atoms with van der Waals surface area (Å²) in [6.07, 6.45) is 4.10. The standard InChI is InChI=1S/C19H22N6OS/c1-12-3-5-15(6-4-12)25-13(2)17(23-24-25)18(26)22-19-21-11-16(27-19)14-7-9-20-10-8-14/h3-6,11,14,20H,7-10H2,1-2H3,(H,21,22,26). The summed E-state index contributed by atoms with van der Waals surface area (Å²) in [5.41, 5.74) is 3.07. The van der Waals surface area contributed by atoms with Crippen LogP contribution >= 0.6 is 11.3 Å². The van der Waals surface area contributed by atoms with E-state index in [2.05, 4.69) is 25.9 Å². The Hall–Kier alpha value is -2.58. The first-order valence-electron chi connectivity index (χ1n) is 9.09. The average Bonchev–Trinajstić information content (AvgIpc) is 3.30. The van der Waals surface area contributed by atoms with Crippen LogP contribution in [0.25, 0.3) is 5.69 Å². The minimum atomic E-state index is -0.280. The molecular weight excluding hydrogens is 360 g/mol. The van der Waals surface area contributed by atoms with E-state index >= 15 is 0 Å². The number of piperidine rings is 1. The molecule has 2 N–H and O–H groups in total. The molecule has 3 aromatic rings. The first-order valence-corrected chi connectivity index (χ1v) is 9.90. The fourth-order valence-electron chi connectivity index (χ4n) is 3.27. The number of thiazole rings is 1.